The fraction of sp³-hybridized carbons (Fsp3) is 0.125. The Bertz CT molecular complexity index is 375. The Kier molecular flexibility index (Phi) is 19.7. The Hall–Kier alpha value is -2.58. The molecule has 0 saturated heterocycles. The van der Waals surface area contributed by atoms with Crippen LogP contribution in [0.2, 0.25) is 0 Å². The van der Waals surface area contributed by atoms with E-state index in [-0.39, 0.29) is 0 Å². The number of carbonyl (C=O) groups excluding carboxylic acids is 2. The molecule has 0 radical (unpaired) electrons. The molecular formula is C16H16O2. The van der Waals surface area contributed by atoms with Crippen LogP contribution < -0.4 is 0 Å². The fourth-order valence-electron chi connectivity index (χ4n) is 0.579. The van der Waals surface area contributed by atoms with E-state index in [1.165, 1.54) is 12.2 Å². The van der Waals surface area contributed by atoms with Gasteiger partial charge in [-0.05, 0) is 24.3 Å². The van der Waals surface area contributed by atoms with Crippen molar-refractivity contribution < 1.29 is 9.59 Å². The van der Waals surface area contributed by atoms with E-state index in [0.717, 1.165) is 12.6 Å². The van der Waals surface area contributed by atoms with Gasteiger partial charge in [0.2, 0.25) is 0 Å². The zero-order valence-corrected chi connectivity index (χ0v) is 10.3. The average molecular weight is 240 g/mol. The molecule has 0 aromatic rings. The van der Waals surface area contributed by atoms with Crippen LogP contribution in [0.3, 0.4) is 0 Å². The summed E-state index contributed by atoms with van der Waals surface area (Å²) in [6.07, 6.45) is 12.2. The molecular weight excluding hydrogens is 224 g/mol. The zero-order chi connectivity index (χ0) is 13.9. The van der Waals surface area contributed by atoms with Gasteiger partial charge in [-0.1, -0.05) is 49.0 Å². The van der Waals surface area contributed by atoms with Crippen molar-refractivity contribution in [1.82, 2.24) is 0 Å². The second-order valence-electron chi connectivity index (χ2n) is 2.60. The van der Waals surface area contributed by atoms with E-state index < -0.39 is 0 Å². The maximum absolute atomic E-state index is 9.72. The molecule has 0 fully saturated rings. The largest absolute Gasteiger partial charge is 0.303 e. The SMILES string of the molecule is C=CC#C/C=C/CC=O.C=CC#C/C=C\CC=O. The lowest BCUT2D eigenvalue weighted by Crippen LogP contribution is -1.63. The van der Waals surface area contributed by atoms with Crippen LogP contribution in [0.5, 0.6) is 0 Å². The van der Waals surface area contributed by atoms with E-state index in [9.17, 15) is 9.59 Å². The molecule has 0 aliphatic heterocycles. The summed E-state index contributed by atoms with van der Waals surface area (Å²) in [6.45, 7) is 6.80. The molecule has 0 aromatic carbocycles. The minimum Gasteiger partial charge on any atom is -0.303 e. The van der Waals surface area contributed by atoms with Crippen molar-refractivity contribution in [3.05, 3.63) is 49.6 Å². The molecule has 0 aliphatic rings. The fourth-order valence-corrected chi connectivity index (χ4v) is 0.579. The molecule has 2 nitrogen and oxygen atoms in total. The molecule has 0 rings (SSSR count). The van der Waals surface area contributed by atoms with Crippen LogP contribution in [0.15, 0.2) is 49.6 Å². The van der Waals surface area contributed by atoms with Gasteiger partial charge in [0.05, 0.1) is 0 Å². The number of rotatable bonds is 4. The summed E-state index contributed by atoms with van der Waals surface area (Å²) in [5.41, 5.74) is 0. The average Bonchev–Trinajstić information content (AvgIpc) is 2.39. The monoisotopic (exact) mass is 240 g/mol. The van der Waals surface area contributed by atoms with Crippen LogP contribution in [-0.2, 0) is 9.59 Å². The standard InChI is InChI=1S/2C8H8O/c2*1-2-3-4-5-6-7-8-9/h2*2,5-6,8H,1,7H2/b6-5+;6-5-. The maximum Gasteiger partial charge on any atom is 0.123 e. The maximum atomic E-state index is 9.72. The highest BCUT2D eigenvalue weighted by Crippen LogP contribution is 1.74. The van der Waals surface area contributed by atoms with Crippen molar-refractivity contribution in [2.45, 2.75) is 12.8 Å². The Balaban J connectivity index is 0. The highest BCUT2D eigenvalue weighted by molar-refractivity contribution is 5.52. The first-order valence-corrected chi connectivity index (χ1v) is 5.24. The van der Waals surface area contributed by atoms with Gasteiger partial charge in [-0.3, -0.25) is 0 Å². The Morgan fingerprint density at radius 2 is 1.11 bits per heavy atom. The number of allylic oxidation sites excluding steroid dienone is 6. The van der Waals surface area contributed by atoms with Crippen LogP contribution >= 0.6 is 0 Å². The minimum atomic E-state index is 0.436. The molecule has 0 atom stereocenters. The molecule has 0 N–H and O–H groups in total. The van der Waals surface area contributed by atoms with Gasteiger partial charge in [0.15, 0.2) is 0 Å². The van der Waals surface area contributed by atoms with Crippen LogP contribution in [0.25, 0.3) is 0 Å². The molecule has 0 amide bonds. The first kappa shape index (κ1) is 17.8. The van der Waals surface area contributed by atoms with E-state index in [4.69, 9.17) is 0 Å². The van der Waals surface area contributed by atoms with E-state index >= 15 is 0 Å². The van der Waals surface area contributed by atoms with E-state index in [0.29, 0.717) is 12.8 Å². The van der Waals surface area contributed by atoms with Gasteiger partial charge >= 0.3 is 0 Å². The topological polar surface area (TPSA) is 34.1 Å². The predicted molar refractivity (Wildman–Crippen MR) is 75.6 cm³/mol. The lowest BCUT2D eigenvalue weighted by Gasteiger charge is -1.67. The molecule has 18 heavy (non-hydrogen) atoms. The second-order valence-corrected chi connectivity index (χ2v) is 2.60. The van der Waals surface area contributed by atoms with Gasteiger partial charge in [0, 0.05) is 12.8 Å². The number of hydrogen-bond donors (Lipinski definition) is 0. The smallest absolute Gasteiger partial charge is 0.123 e. The van der Waals surface area contributed by atoms with Crippen LogP contribution in [0.4, 0.5) is 0 Å². The lowest BCUT2D eigenvalue weighted by molar-refractivity contribution is -0.107. The van der Waals surface area contributed by atoms with Gasteiger partial charge in [0.25, 0.3) is 0 Å². The number of hydrogen-bond acceptors (Lipinski definition) is 2. The van der Waals surface area contributed by atoms with Crippen molar-refractivity contribution in [1.29, 1.82) is 0 Å². The zero-order valence-electron chi connectivity index (χ0n) is 10.3. The third-order valence-electron chi connectivity index (χ3n) is 1.24. The summed E-state index contributed by atoms with van der Waals surface area (Å²) in [6, 6.07) is 0. The van der Waals surface area contributed by atoms with Crippen LogP contribution in [0.1, 0.15) is 12.8 Å². The first-order chi connectivity index (χ1) is 8.83. The van der Waals surface area contributed by atoms with Gasteiger partial charge in [-0.2, -0.15) is 0 Å². The van der Waals surface area contributed by atoms with Crippen molar-refractivity contribution in [2.24, 2.45) is 0 Å². The molecule has 0 spiro atoms. The summed E-state index contributed by atoms with van der Waals surface area (Å²) >= 11 is 0. The second kappa shape index (κ2) is 19.9. The van der Waals surface area contributed by atoms with Crippen molar-refractivity contribution >= 4 is 12.6 Å². The van der Waals surface area contributed by atoms with E-state index in [1.807, 2.05) is 0 Å². The summed E-state index contributed by atoms with van der Waals surface area (Å²) in [4.78, 5) is 19.4. The van der Waals surface area contributed by atoms with Gasteiger partial charge in [-0.25, -0.2) is 0 Å². The molecule has 0 aromatic heterocycles. The van der Waals surface area contributed by atoms with Gasteiger partial charge in [-0.15, -0.1) is 0 Å². The predicted octanol–water partition coefficient (Wildman–Crippen LogP) is 2.64. The molecule has 0 saturated carbocycles. The summed E-state index contributed by atoms with van der Waals surface area (Å²) < 4.78 is 0. The Labute approximate surface area is 109 Å². The summed E-state index contributed by atoms with van der Waals surface area (Å²) in [5.74, 6) is 10.6. The van der Waals surface area contributed by atoms with Crippen molar-refractivity contribution in [3.8, 4) is 23.7 Å². The normalized spacial score (nSPS) is 8.00. The molecule has 2 heteroatoms. The van der Waals surface area contributed by atoms with E-state index in [2.05, 4.69) is 36.8 Å². The molecule has 0 unspecified atom stereocenters. The molecule has 0 heterocycles. The van der Waals surface area contributed by atoms with Gasteiger partial charge < -0.3 is 9.59 Å². The van der Waals surface area contributed by atoms with Crippen LogP contribution in [0, 0.1) is 23.7 Å². The lowest BCUT2D eigenvalue weighted by atomic mass is 10.4. The number of carbonyl (C=O) groups is 2. The Morgan fingerprint density at radius 1 is 0.722 bits per heavy atom. The molecule has 0 aliphatic carbocycles. The Morgan fingerprint density at radius 3 is 1.39 bits per heavy atom. The third-order valence-corrected chi connectivity index (χ3v) is 1.24. The highest BCUT2D eigenvalue weighted by Gasteiger charge is 1.66. The first-order valence-electron chi connectivity index (χ1n) is 5.24. The number of aldehydes is 2. The van der Waals surface area contributed by atoms with E-state index in [1.54, 1.807) is 24.3 Å². The van der Waals surface area contributed by atoms with Crippen molar-refractivity contribution in [3.63, 3.8) is 0 Å². The highest BCUT2D eigenvalue weighted by atomic mass is 16.1. The minimum absolute atomic E-state index is 0.436. The van der Waals surface area contributed by atoms with Crippen molar-refractivity contribution in [2.75, 3.05) is 0 Å². The summed E-state index contributed by atoms with van der Waals surface area (Å²) in [5, 5.41) is 0. The van der Waals surface area contributed by atoms with Gasteiger partial charge in [0.1, 0.15) is 12.6 Å². The molecule has 0 bridgehead atoms. The summed E-state index contributed by atoms with van der Waals surface area (Å²) in [7, 11) is 0. The third kappa shape index (κ3) is 23.3. The quantitative estimate of drug-likeness (QED) is 0.559. The molecule has 92 valence electrons. The van der Waals surface area contributed by atoms with Crippen LogP contribution in [-0.4, -0.2) is 12.6 Å².